The highest BCUT2D eigenvalue weighted by molar-refractivity contribution is 5.79. The van der Waals surface area contributed by atoms with Crippen LogP contribution in [0.3, 0.4) is 0 Å². The molecule has 136 valence electrons. The lowest BCUT2D eigenvalue weighted by Crippen LogP contribution is -2.43. The first-order valence-electron chi connectivity index (χ1n) is 9.16. The predicted octanol–water partition coefficient (Wildman–Crippen LogP) is 1.55. The molecule has 6 heteroatoms. The second kappa shape index (κ2) is 9.18. The summed E-state index contributed by atoms with van der Waals surface area (Å²) in [5.74, 6) is 1.47. The van der Waals surface area contributed by atoms with Gasteiger partial charge in [-0.05, 0) is 38.3 Å². The largest absolute Gasteiger partial charge is 0.390 e. The lowest BCUT2D eigenvalue weighted by Gasteiger charge is -2.31. The first-order chi connectivity index (χ1) is 11.5. The average molecular weight is 337 g/mol. The molecule has 24 heavy (non-hydrogen) atoms. The minimum absolute atomic E-state index is 0.0890. The smallest absolute Gasteiger partial charge is 0.224 e. The third-order valence-corrected chi connectivity index (χ3v) is 4.82. The van der Waals surface area contributed by atoms with E-state index >= 15 is 0 Å². The van der Waals surface area contributed by atoms with E-state index in [1.807, 2.05) is 13.8 Å². The number of carbonyl (C=O) groups is 1. The highest BCUT2D eigenvalue weighted by Gasteiger charge is 2.20. The summed E-state index contributed by atoms with van der Waals surface area (Å²) < 4.78 is 5.29. The minimum Gasteiger partial charge on any atom is -0.390 e. The van der Waals surface area contributed by atoms with Gasteiger partial charge < -0.3 is 19.8 Å². The van der Waals surface area contributed by atoms with Crippen LogP contribution in [0, 0.1) is 5.92 Å². The molecule has 1 unspecified atom stereocenters. The number of hydrogen-bond donors (Lipinski definition) is 2. The maximum atomic E-state index is 12.2. The fraction of sp³-hybridized carbons (Fsp3) is 0.778. The second-order valence-electron chi connectivity index (χ2n) is 6.86. The van der Waals surface area contributed by atoms with Crippen LogP contribution >= 0.6 is 0 Å². The van der Waals surface area contributed by atoms with Crippen LogP contribution < -0.4 is 5.32 Å². The fourth-order valence-corrected chi connectivity index (χ4v) is 3.20. The molecule has 2 heterocycles. The number of carbonyl (C=O) groups excluding carboxylic acids is 1. The highest BCUT2D eigenvalue weighted by Crippen LogP contribution is 2.17. The van der Waals surface area contributed by atoms with Gasteiger partial charge in [0.25, 0.3) is 0 Å². The molecule has 0 aromatic carbocycles. The molecule has 1 saturated heterocycles. The highest BCUT2D eigenvalue weighted by atomic mass is 16.5. The molecule has 1 aliphatic rings. The summed E-state index contributed by atoms with van der Waals surface area (Å²) in [5, 5.41) is 17.0. The molecule has 0 radical (unpaired) electrons. The van der Waals surface area contributed by atoms with Crippen molar-refractivity contribution in [2.24, 2.45) is 5.92 Å². The normalized spacial score (nSPS) is 17.8. The van der Waals surface area contributed by atoms with E-state index in [-0.39, 0.29) is 12.3 Å². The molecule has 0 aliphatic carbocycles. The van der Waals surface area contributed by atoms with E-state index < -0.39 is 6.10 Å². The fourth-order valence-electron chi connectivity index (χ4n) is 3.20. The number of nitrogens with one attached hydrogen (secondary N) is 1. The first kappa shape index (κ1) is 18.9. The molecule has 1 aliphatic heterocycles. The topological polar surface area (TPSA) is 78.6 Å². The standard InChI is InChI=1S/C18H31N3O3/c1-4-16-15(17(5-2)24-20-16)10-18(23)19-11-14(22)12-21-8-6-13(3)7-9-21/h13-14,22H,4-12H2,1-3H3,(H,19,23). The SMILES string of the molecule is CCc1noc(CC)c1CC(=O)NCC(O)CN1CCC(C)CC1. The lowest BCUT2D eigenvalue weighted by molar-refractivity contribution is -0.121. The van der Waals surface area contributed by atoms with Crippen LogP contribution in [0.2, 0.25) is 0 Å². The molecule has 6 nitrogen and oxygen atoms in total. The van der Waals surface area contributed by atoms with Gasteiger partial charge in [-0.3, -0.25) is 4.79 Å². The zero-order valence-electron chi connectivity index (χ0n) is 15.2. The first-order valence-corrected chi connectivity index (χ1v) is 9.16. The number of amides is 1. The third kappa shape index (κ3) is 5.31. The van der Waals surface area contributed by atoms with Crippen LogP contribution in [0.25, 0.3) is 0 Å². The van der Waals surface area contributed by atoms with E-state index in [0.717, 1.165) is 48.9 Å². The molecule has 2 rings (SSSR count). The van der Waals surface area contributed by atoms with Gasteiger partial charge in [0, 0.05) is 25.1 Å². The van der Waals surface area contributed by atoms with Crippen LogP contribution in [0.5, 0.6) is 0 Å². The van der Waals surface area contributed by atoms with Crippen molar-refractivity contribution in [1.29, 1.82) is 0 Å². The van der Waals surface area contributed by atoms with Crippen LogP contribution in [-0.4, -0.2) is 53.4 Å². The molecule has 0 spiro atoms. The van der Waals surface area contributed by atoms with Crippen molar-refractivity contribution in [2.45, 2.75) is 59.0 Å². The number of aromatic nitrogens is 1. The number of β-amino-alcohol motifs (C(OH)–C–C–N with tert-alkyl or cyclic N) is 1. The van der Waals surface area contributed by atoms with Gasteiger partial charge in [0.05, 0.1) is 18.2 Å². The Morgan fingerprint density at radius 1 is 1.38 bits per heavy atom. The Morgan fingerprint density at radius 2 is 2.08 bits per heavy atom. The van der Waals surface area contributed by atoms with Crippen LogP contribution in [0.15, 0.2) is 4.52 Å². The molecule has 1 aromatic rings. The monoisotopic (exact) mass is 337 g/mol. The van der Waals surface area contributed by atoms with E-state index in [2.05, 4.69) is 22.3 Å². The Labute approximate surface area is 144 Å². The maximum Gasteiger partial charge on any atom is 0.224 e. The zero-order chi connectivity index (χ0) is 17.5. The number of piperidine rings is 1. The number of aryl methyl sites for hydroxylation is 2. The van der Waals surface area contributed by atoms with Gasteiger partial charge >= 0.3 is 0 Å². The summed E-state index contributed by atoms with van der Waals surface area (Å²) in [6.45, 7) is 9.25. The molecule has 1 aromatic heterocycles. The van der Waals surface area contributed by atoms with Gasteiger partial charge in [-0.1, -0.05) is 25.9 Å². The number of aliphatic hydroxyl groups is 1. The predicted molar refractivity (Wildman–Crippen MR) is 92.8 cm³/mol. The molecule has 2 N–H and O–H groups in total. The Balaban J connectivity index is 1.75. The summed E-state index contributed by atoms with van der Waals surface area (Å²) in [4.78, 5) is 14.5. The number of nitrogens with zero attached hydrogens (tertiary/aromatic N) is 2. The summed E-state index contributed by atoms with van der Waals surface area (Å²) >= 11 is 0. The Bertz CT molecular complexity index is 500. The number of hydrogen-bond acceptors (Lipinski definition) is 5. The number of rotatable bonds is 8. The maximum absolute atomic E-state index is 12.2. The van der Waals surface area contributed by atoms with E-state index in [0.29, 0.717) is 13.1 Å². The summed E-state index contributed by atoms with van der Waals surface area (Å²) in [7, 11) is 0. The third-order valence-electron chi connectivity index (χ3n) is 4.82. The molecule has 0 bridgehead atoms. The van der Waals surface area contributed by atoms with Gasteiger partial charge in [0.15, 0.2) is 0 Å². The van der Waals surface area contributed by atoms with Gasteiger partial charge in [-0.2, -0.15) is 0 Å². The van der Waals surface area contributed by atoms with E-state index in [1.165, 1.54) is 12.8 Å². The summed E-state index contributed by atoms with van der Waals surface area (Å²) in [5.41, 5.74) is 1.75. The molecular formula is C18H31N3O3. The van der Waals surface area contributed by atoms with E-state index in [1.54, 1.807) is 0 Å². The van der Waals surface area contributed by atoms with Crippen molar-refractivity contribution >= 4 is 5.91 Å². The van der Waals surface area contributed by atoms with Gasteiger partial charge in [-0.25, -0.2) is 0 Å². The van der Waals surface area contributed by atoms with E-state index in [4.69, 9.17) is 4.52 Å². The van der Waals surface area contributed by atoms with Gasteiger partial charge in [-0.15, -0.1) is 0 Å². The second-order valence-corrected chi connectivity index (χ2v) is 6.86. The minimum atomic E-state index is -0.527. The average Bonchev–Trinajstić information content (AvgIpc) is 2.97. The van der Waals surface area contributed by atoms with Crippen molar-refractivity contribution in [3.63, 3.8) is 0 Å². The number of aliphatic hydroxyl groups excluding tert-OH is 1. The Kier molecular flexibility index (Phi) is 7.24. The van der Waals surface area contributed by atoms with Gasteiger partial charge in [0.2, 0.25) is 5.91 Å². The van der Waals surface area contributed by atoms with Crippen molar-refractivity contribution < 1.29 is 14.4 Å². The van der Waals surface area contributed by atoms with Crippen molar-refractivity contribution in [2.75, 3.05) is 26.2 Å². The number of likely N-dealkylation sites (tertiary alicyclic amines) is 1. The molecule has 1 atom stereocenters. The van der Waals surface area contributed by atoms with Crippen molar-refractivity contribution in [3.8, 4) is 0 Å². The molecule has 0 saturated carbocycles. The van der Waals surface area contributed by atoms with Gasteiger partial charge in [0.1, 0.15) is 5.76 Å². The van der Waals surface area contributed by atoms with Crippen LogP contribution in [-0.2, 0) is 24.1 Å². The lowest BCUT2D eigenvalue weighted by atomic mass is 9.99. The molecule has 1 amide bonds. The zero-order valence-corrected chi connectivity index (χ0v) is 15.2. The molecular weight excluding hydrogens is 306 g/mol. The van der Waals surface area contributed by atoms with E-state index in [9.17, 15) is 9.90 Å². The van der Waals surface area contributed by atoms with Crippen LogP contribution in [0.1, 0.15) is 50.6 Å². The van der Waals surface area contributed by atoms with Crippen molar-refractivity contribution in [1.82, 2.24) is 15.4 Å². The Morgan fingerprint density at radius 3 is 2.71 bits per heavy atom. The van der Waals surface area contributed by atoms with Crippen LogP contribution in [0.4, 0.5) is 0 Å². The summed E-state index contributed by atoms with van der Waals surface area (Å²) in [6, 6.07) is 0. The van der Waals surface area contributed by atoms with Crippen molar-refractivity contribution in [3.05, 3.63) is 17.0 Å². The summed E-state index contributed by atoms with van der Waals surface area (Å²) in [6.07, 6.45) is 3.59. The quantitative estimate of drug-likeness (QED) is 0.752. The molecule has 1 fully saturated rings. The Hall–Kier alpha value is -1.40.